The lowest BCUT2D eigenvalue weighted by molar-refractivity contribution is 0.379. The van der Waals surface area contributed by atoms with Crippen LogP contribution in [-0.4, -0.2) is 35.9 Å². The van der Waals surface area contributed by atoms with E-state index in [1.807, 2.05) is 18.5 Å². The molecule has 0 bridgehead atoms. The van der Waals surface area contributed by atoms with Crippen molar-refractivity contribution in [1.82, 2.24) is 13.9 Å². The second-order valence-corrected chi connectivity index (χ2v) is 7.41. The third-order valence-electron chi connectivity index (χ3n) is 4.07. The summed E-state index contributed by atoms with van der Waals surface area (Å²) in [4.78, 5) is 4.61. The lowest BCUT2D eigenvalue weighted by Crippen LogP contribution is -2.36. The Morgan fingerprint density at radius 1 is 1.32 bits per heavy atom. The van der Waals surface area contributed by atoms with Crippen molar-refractivity contribution in [2.45, 2.75) is 24.8 Å². The molecule has 0 unspecified atom stereocenters. The zero-order chi connectivity index (χ0) is 15.9. The fourth-order valence-corrected chi connectivity index (χ4v) is 4.25. The Hall–Kier alpha value is -1.86. The Morgan fingerprint density at radius 2 is 2.09 bits per heavy atom. The normalized spacial score (nSPS) is 15.6. The topological polar surface area (TPSA) is 64.4 Å². The van der Waals surface area contributed by atoms with E-state index in [0.29, 0.717) is 30.2 Å². The molecule has 0 saturated carbocycles. The van der Waals surface area contributed by atoms with Gasteiger partial charge in [-0.05, 0) is 30.7 Å². The first kappa shape index (κ1) is 15.1. The van der Waals surface area contributed by atoms with Crippen LogP contribution in [0, 0.1) is 6.92 Å². The van der Waals surface area contributed by atoms with Crippen molar-refractivity contribution < 1.29 is 13.2 Å². The molecule has 0 atom stereocenters. The molecule has 0 amide bonds. The molecule has 7 heteroatoms. The van der Waals surface area contributed by atoms with Crippen LogP contribution in [0.3, 0.4) is 0 Å². The van der Waals surface area contributed by atoms with E-state index in [9.17, 15) is 8.42 Å². The van der Waals surface area contributed by atoms with Gasteiger partial charge in [-0.1, -0.05) is 0 Å². The summed E-state index contributed by atoms with van der Waals surface area (Å²) < 4.78 is 34.3. The van der Waals surface area contributed by atoms with Gasteiger partial charge in [0.1, 0.15) is 5.75 Å². The van der Waals surface area contributed by atoms with Crippen molar-refractivity contribution in [2.24, 2.45) is 7.05 Å². The van der Waals surface area contributed by atoms with E-state index >= 15 is 0 Å². The monoisotopic (exact) mass is 321 g/mol. The maximum atomic E-state index is 12.8. The summed E-state index contributed by atoms with van der Waals surface area (Å²) in [5.41, 5.74) is 2.75. The zero-order valence-electron chi connectivity index (χ0n) is 12.9. The highest BCUT2D eigenvalue weighted by Gasteiger charge is 2.30. The smallest absolute Gasteiger partial charge is 0.243 e. The van der Waals surface area contributed by atoms with Crippen LogP contribution in [0.2, 0.25) is 0 Å². The summed E-state index contributed by atoms with van der Waals surface area (Å²) in [6.07, 6.45) is 2.38. The average Bonchev–Trinajstić information content (AvgIpc) is 2.88. The van der Waals surface area contributed by atoms with Gasteiger partial charge in [0, 0.05) is 20.0 Å². The number of fused-ring (bicyclic) bond motifs is 1. The predicted molar refractivity (Wildman–Crippen MR) is 82.2 cm³/mol. The van der Waals surface area contributed by atoms with Crippen molar-refractivity contribution in [3.63, 3.8) is 0 Å². The maximum Gasteiger partial charge on any atom is 0.243 e. The number of nitrogens with zero attached hydrogens (tertiary/aromatic N) is 3. The Balaban J connectivity index is 1.94. The van der Waals surface area contributed by atoms with Crippen molar-refractivity contribution >= 4 is 10.0 Å². The van der Waals surface area contributed by atoms with Gasteiger partial charge in [0.15, 0.2) is 0 Å². The number of aromatic nitrogens is 2. The number of hydrogen-bond acceptors (Lipinski definition) is 4. The highest BCUT2D eigenvalue weighted by molar-refractivity contribution is 7.89. The van der Waals surface area contributed by atoms with Gasteiger partial charge in [-0.2, -0.15) is 4.31 Å². The Morgan fingerprint density at radius 3 is 2.77 bits per heavy atom. The van der Waals surface area contributed by atoms with Crippen molar-refractivity contribution in [2.75, 3.05) is 13.7 Å². The number of benzene rings is 1. The number of methoxy groups -OCH3 is 1. The maximum absolute atomic E-state index is 12.8. The van der Waals surface area contributed by atoms with Crippen molar-refractivity contribution in [3.8, 4) is 5.75 Å². The molecule has 6 nitrogen and oxygen atoms in total. The molecule has 1 aliphatic rings. The van der Waals surface area contributed by atoms with Crippen molar-refractivity contribution in [1.29, 1.82) is 0 Å². The third kappa shape index (κ3) is 2.40. The van der Waals surface area contributed by atoms with Crippen LogP contribution in [0.4, 0.5) is 0 Å². The Bertz CT molecular complexity index is 811. The van der Waals surface area contributed by atoms with Gasteiger partial charge in [0.05, 0.1) is 36.3 Å². The fourth-order valence-electron chi connectivity index (χ4n) is 2.76. The van der Waals surface area contributed by atoms with E-state index in [4.69, 9.17) is 4.74 Å². The molecule has 2 aromatic rings. The van der Waals surface area contributed by atoms with Crippen molar-refractivity contribution in [3.05, 3.63) is 41.5 Å². The predicted octanol–water partition coefficient (Wildman–Crippen LogP) is 1.48. The molecule has 0 fully saturated rings. The summed E-state index contributed by atoms with van der Waals surface area (Å²) in [5, 5.41) is 0. The van der Waals surface area contributed by atoms with Crippen LogP contribution in [0.1, 0.15) is 17.0 Å². The molecule has 2 heterocycles. The van der Waals surface area contributed by atoms with E-state index < -0.39 is 10.0 Å². The summed E-state index contributed by atoms with van der Waals surface area (Å²) in [6, 6.07) is 4.95. The van der Waals surface area contributed by atoms with Crippen LogP contribution in [-0.2, 0) is 30.0 Å². The standard InChI is InChI=1S/C15H19N3O3S/c1-11-8-12(4-5-15(11)21-3)22(19,20)18-7-6-13-14(9-18)17(2)10-16-13/h4-5,8,10H,6-7,9H2,1-3H3. The Labute approximate surface area is 130 Å². The van der Waals surface area contributed by atoms with Gasteiger partial charge in [-0.15, -0.1) is 0 Å². The van der Waals surface area contributed by atoms with E-state index in [1.54, 1.807) is 31.6 Å². The molecule has 0 saturated heterocycles. The van der Waals surface area contributed by atoms with E-state index in [2.05, 4.69) is 4.98 Å². The van der Waals surface area contributed by atoms with Gasteiger partial charge >= 0.3 is 0 Å². The molecular formula is C15H19N3O3S. The van der Waals surface area contributed by atoms with Crippen LogP contribution in [0.15, 0.2) is 29.4 Å². The SMILES string of the molecule is COc1ccc(S(=O)(=O)N2CCc3ncn(C)c3C2)cc1C. The number of imidazole rings is 1. The van der Waals surface area contributed by atoms with Gasteiger partial charge in [-0.3, -0.25) is 0 Å². The molecule has 0 aliphatic carbocycles. The molecule has 0 radical (unpaired) electrons. The minimum atomic E-state index is -3.51. The lowest BCUT2D eigenvalue weighted by atomic mass is 10.2. The third-order valence-corrected chi connectivity index (χ3v) is 5.92. The number of aryl methyl sites for hydroxylation is 2. The molecule has 1 aliphatic heterocycles. The van der Waals surface area contributed by atoms with E-state index in [1.165, 1.54) is 4.31 Å². The number of ether oxygens (including phenoxy) is 1. The molecule has 0 spiro atoms. The summed E-state index contributed by atoms with van der Waals surface area (Å²) in [5.74, 6) is 0.687. The number of sulfonamides is 1. The molecule has 22 heavy (non-hydrogen) atoms. The summed E-state index contributed by atoms with van der Waals surface area (Å²) in [7, 11) is -0.0474. The highest BCUT2D eigenvalue weighted by Crippen LogP contribution is 2.27. The zero-order valence-corrected chi connectivity index (χ0v) is 13.7. The van der Waals surface area contributed by atoms with Gasteiger partial charge < -0.3 is 9.30 Å². The molecule has 1 aromatic heterocycles. The molecule has 118 valence electrons. The van der Waals surface area contributed by atoms with Gasteiger partial charge in [-0.25, -0.2) is 13.4 Å². The molecule has 1 aromatic carbocycles. The largest absolute Gasteiger partial charge is 0.496 e. The van der Waals surface area contributed by atoms with E-state index in [-0.39, 0.29) is 0 Å². The first-order valence-corrected chi connectivity index (χ1v) is 8.51. The van der Waals surface area contributed by atoms with Gasteiger partial charge in [0.25, 0.3) is 0 Å². The fraction of sp³-hybridized carbons (Fsp3) is 0.400. The van der Waals surface area contributed by atoms with Crippen LogP contribution in [0.25, 0.3) is 0 Å². The summed E-state index contributed by atoms with van der Waals surface area (Å²) >= 11 is 0. The lowest BCUT2D eigenvalue weighted by Gasteiger charge is -2.26. The van der Waals surface area contributed by atoms with Crippen LogP contribution >= 0.6 is 0 Å². The second kappa shape index (κ2) is 5.40. The number of rotatable bonds is 3. The summed E-state index contributed by atoms with van der Waals surface area (Å²) in [6.45, 7) is 2.66. The average molecular weight is 321 g/mol. The van der Waals surface area contributed by atoms with Crippen LogP contribution < -0.4 is 4.74 Å². The number of hydrogen-bond donors (Lipinski definition) is 0. The molecule has 0 N–H and O–H groups in total. The highest BCUT2D eigenvalue weighted by atomic mass is 32.2. The molecular weight excluding hydrogens is 302 g/mol. The first-order valence-electron chi connectivity index (χ1n) is 7.07. The molecule has 3 rings (SSSR count). The second-order valence-electron chi connectivity index (χ2n) is 5.47. The minimum Gasteiger partial charge on any atom is -0.496 e. The minimum absolute atomic E-state index is 0.302. The quantitative estimate of drug-likeness (QED) is 0.859. The first-order chi connectivity index (χ1) is 10.4. The van der Waals surface area contributed by atoms with E-state index in [0.717, 1.165) is 17.0 Å². The van der Waals surface area contributed by atoms with Crippen LogP contribution in [0.5, 0.6) is 5.75 Å². The van der Waals surface area contributed by atoms with Gasteiger partial charge in [0.2, 0.25) is 10.0 Å². The Kier molecular flexibility index (Phi) is 3.70.